The molecule has 0 amide bonds. The topological polar surface area (TPSA) is 57.8 Å². The van der Waals surface area contributed by atoms with Crippen molar-refractivity contribution in [3.05, 3.63) is 56.7 Å². The van der Waals surface area contributed by atoms with Crippen molar-refractivity contribution in [2.24, 2.45) is 0 Å². The van der Waals surface area contributed by atoms with Crippen LogP contribution >= 0.6 is 11.3 Å². The van der Waals surface area contributed by atoms with Crippen molar-refractivity contribution in [3.63, 3.8) is 0 Å². The number of hydrogen-bond acceptors (Lipinski definition) is 4. The van der Waals surface area contributed by atoms with Crippen LogP contribution in [0.1, 0.15) is 16.3 Å². The lowest BCUT2D eigenvalue weighted by Crippen LogP contribution is -2.14. The van der Waals surface area contributed by atoms with Gasteiger partial charge in [0.1, 0.15) is 16.5 Å². The number of nitrogens with zero attached hydrogens (tertiary/aromatic N) is 1. The molecule has 0 saturated heterocycles. The summed E-state index contributed by atoms with van der Waals surface area (Å²) in [6, 6.07) is 6.05. The van der Waals surface area contributed by atoms with Gasteiger partial charge in [0.25, 0.3) is 5.56 Å². The molecule has 0 spiro atoms. The highest BCUT2D eigenvalue weighted by molar-refractivity contribution is 7.18. The van der Waals surface area contributed by atoms with E-state index >= 15 is 0 Å². The van der Waals surface area contributed by atoms with Gasteiger partial charge in [-0.1, -0.05) is 0 Å². The second kappa shape index (κ2) is 5.29. The minimum atomic E-state index is -0.280. The van der Waals surface area contributed by atoms with Gasteiger partial charge in [-0.2, -0.15) is 0 Å². The molecular weight excluding hydrogens is 289 g/mol. The highest BCUT2D eigenvalue weighted by Gasteiger charge is 2.11. The Hall–Kier alpha value is -2.21. The molecule has 0 aliphatic rings. The molecule has 0 fully saturated rings. The molecule has 0 saturated carbocycles. The molecular formula is C15H14FN3OS. The number of aromatic nitrogens is 2. The molecule has 3 aromatic rings. The lowest BCUT2D eigenvalue weighted by atomic mass is 10.2. The van der Waals surface area contributed by atoms with Crippen molar-refractivity contribution >= 4 is 27.2 Å². The quantitative estimate of drug-likeness (QED) is 0.780. The first kappa shape index (κ1) is 13.8. The summed E-state index contributed by atoms with van der Waals surface area (Å²) in [5.74, 6) is 0.288. The molecule has 0 unspecified atom stereocenters. The van der Waals surface area contributed by atoms with Crippen LogP contribution in [0.5, 0.6) is 0 Å². The molecule has 21 heavy (non-hydrogen) atoms. The number of fused-ring (bicyclic) bond motifs is 1. The summed E-state index contributed by atoms with van der Waals surface area (Å²) < 4.78 is 12.8. The van der Waals surface area contributed by atoms with E-state index in [1.807, 2.05) is 13.8 Å². The summed E-state index contributed by atoms with van der Waals surface area (Å²) in [6.45, 7) is 4.30. The van der Waals surface area contributed by atoms with Crippen molar-refractivity contribution < 1.29 is 4.39 Å². The van der Waals surface area contributed by atoms with Crippen LogP contribution in [0.25, 0.3) is 10.2 Å². The highest BCUT2D eigenvalue weighted by Crippen LogP contribution is 2.25. The maximum absolute atomic E-state index is 12.8. The molecule has 2 aromatic heterocycles. The number of anilines is 1. The Morgan fingerprint density at radius 1 is 1.29 bits per heavy atom. The number of rotatable bonds is 3. The Balaban J connectivity index is 1.88. The first-order chi connectivity index (χ1) is 10.0. The zero-order valence-electron chi connectivity index (χ0n) is 11.7. The molecule has 2 heterocycles. The molecule has 0 aliphatic carbocycles. The van der Waals surface area contributed by atoms with E-state index in [0.717, 1.165) is 21.0 Å². The zero-order valence-corrected chi connectivity index (χ0v) is 12.5. The Morgan fingerprint density at radius 3 is 2.71 bits per heavy atom. The second-order valence-corrected chi connectivity index (χ2v) is 6.04. The highest BCUT2D eigenvalue weighted by atomic mass is 32.1. The third kappa shape index (κ3) is 2.67. The summed E-state index contributed by atoms with van der Waals surface area (Å²) in [6.07, 6.45) is 0. The van der Waals surface area contributed by atoms with E-state index < -0.39 is 0 Å². The Kier molecular flexibility index (Phi) is 3.47. The molecule has 6 heteroatoms. The molecule has 4 nitrogen and oxygen atoms in total. The summed E-state index contributed by atoms with van der Waals surface area (Å²) in [5, 5.41) is 3.78. The van der Waals surface area contributed by atoms with Crippen LogP contribution in [0.4, 0.5) is 10.1 Å². The molecule has 0 atom stereocenters. The standard InChI is InChI=1S/C15H14FN3OS/c1-8-9(2)21-15-13(8)14(20)18-12(19-15)7-17-11-5-3-10(16)4-6-11/h3-6,17H,7H2,1-2H3,(H,18,19,20). The average Bonchev–Trinajstić information content (AvgIpc) is 2.74. The van der Waals surface area contributed by atoms with E-state index in [1.165, 1.54) is 23.5 Å². The van der Waals surface area contributed by atoms with Crippen molar-refractivity contribution in [1.82, 2.24) is 9.97 Å². The third-order valence-electron chi connectivity index (χ3n) is 3.39. The Bertz CT molecular complexity index is 852. The molecule has 2 N–H and O–H groups in total. The van der Waals surface area contributed by atoms with Gasteiger partial charge >= 0.3 is 0 Å². The summed E-state index contributed by atoms with van der Waals surface area (Å²) in [7, 11) is 0. The fourth-order valence-electron chi connectivity index (χ4n) is 2.14. The molecule has 0 radical (unpaired) electrons. The SMILES string of the molecule is Cc1sc2nc(CNc3ccc(F)cc3)[nH]c(=O)c2c1C. The normalized spacial score (nSPS) is 11.0. The number of aromatic amines is 1. The van der Waals surface area contributed by atoms with Crippen LogP contribution in [0.3, 0.4) is 0 Å². The van der Waals surface area contributed by atoms with Crippen LogP contribution in [0.2, 0.25) is 0 Å². The van der Waals surface area contributed by atoms with E-state index in [9.17, 15) is 9.18 Å². The van der Waals surface area contributed by atoms with E-state index in [-0.39, 0.29) is 11.4 Å². The largest absolute Gasteiger partial charge is 0.378 e. The van der Waals surface area contributed by atoms with E-state index in [4.69, 9.17) is 0 Å². The number of aryl methyl sites for hydroxylation is 2. The molecule has 3 rings (SSSR count). The van der Waals surface area contributed by atoms with Crippen LogP contribution in [-0.4, -0.2) is 9.97 Å². The first-order valence-electron chi connectivity index (χ1n) is 6.53. The number of hydrogen-bond donors (Lipinski definition) is 2. The van der Waals surface area contributed by atoms with Crippen LogP contribution < -0.4 is 10.9 Å². The predicted octanol–water partition coefficient (Wildman–Crippen LogP) is 3.35. The van der Waals surface area contributed by atoms with Gasteiger partial charge in [0, 0.05) is 10.6 Å². The van der Waals surface area contributed by atoms with E-state index in [2.05, 4.69) is 15.3 Å². The summed E-state index contributed by atoms with van der Waals surface area (Å²) in [4.78, 5) is 21.2. The summed E-state index contributed by atoms with van der Waals surface area (Å²) >= 11 is 1.52. The number of halogens is 1. The van der Waals surface area contributed by atoms with Crippen LogP contribution in [0.15, 0.2) is 29.1 Å². The smallest absolute Gasteiger partial charge is 0.259 e. The van der Waals surface area contributed by atoms with Gasteiger partial charge in [-0.25, -0.2) is 9.37 Å². The molecule has 1 aromatic carbocycles. The number of nitrogens with one attached hydrogen (secondary N) is 2. The van der Waals surface area contributed by atoms with E-state index in [0.29, 0.717) is 17.8 Å². The maximum atomic E-state index is 12.8. The minimum absolute atomic E-state index is 0.113. The second-order valence-electron chi connectivity index (χ2n) is 4.84. The van der Waals surface area contributed by atoms with Crippen molar-refractivity contribution in [2.75, 3.05) is 5.32 Å². The molecule has 0 bridgehead atoms. The lowest BCUT2D eigenvalue weighted by molar-refractivity contribution is 0.628. The van der Waals surface area contributed by atoms with Gasteiger partial charge in [0.05, 0.1) is 11.9 Å². The lowest BCUT2D eigenvalue weighted by Gasteiger charge is -2.05. The van der Waals surface area contributed by atoms with Gasteiger partial charge in [-0.3, -0.25) is 4.79 Å². The molecule has 0 aliphatic heterocycles. The number of thiophene rings is 1. The molecule has 108 valence electrons. The van der Waals surface area contributed by atoms with Crippen LogP contribution in [-0.2, 0) is 6.54 Å². The Morgan fingerprint density at radius 2 is 2.00 bits per heavy atom. The van der Waals surface area contributed by atoms with Crippen molar-refractivity contribution in [2.45, 2.75) is 20.4 Å². The third-order valence-corrected chi connectivity index (χ3v) is 4.49. The fraction of sp³-hybridized carbons (Fsp3) is 0.200. The van der Waals surface area contributed by atoms with Gasteiger partial charge < -0.3 is 10.3 Å². The fourth-order valence-corrected chi connectivity index (χ4v) is 3.19. The number of benzene rings is 1. The minimum Gasteiger partial charge on any atom is -0.378 e. The van der Waals surface area contributed by atoms with Crippen molar-refractivity contribution in [3.8, 4) is 0 Å². The predicted molar refractivity (Wildman–Crippen MR) is 83.4 cm³/mol. The zero-order chi connectivity index (χ0) is 15.0. The van der Waals surface area contributed by atoms with Gasteiger partial charge in [-0.05, 0) is 43.7 Å². The monoisotopic (exact) mass is 303 g/mol. The van der Waals surface area contributed by atoms with Gasteiger partial charge in [0.15, 0.2) is 0 Å². The first-order valence-corrected chi connectivity index (χ1v) is 7.34. The number of H-pyrrole nitrogens is 1. The van der Waals surface area contributed by atoms with Gasteiger partial charge in [0.2, 0.25) is 0 Å². The van der Waals surface area contributed by atoms with E-state index in [1.54, 1.807) is 12.1 Å². The van der Waals surface area contributed by atoms with Crippen molar-refractivity contribution in [1.29, 1.82) is 0 Å². The maximum Gasteiger partial charge on any atom is 0.259 e. The van der Waals surface area contributed by atoms with Crippen LogP contribution in [0, 0.1) is 19.7 Å². The Labute approximate surface area is 124 Å². The van der Waals surface area contributed by atoms with Gasteiger partial charge in [-0.15, -0.1) is 11.3 Å². The summed E-state index contributed by atoms with van der Waals surface area (Å²) in [5.41, 5.74) is 1.65. The average molecular weight is 303 g/mol.